The van der Waals surface area contributed by atoms with Gasteiger partial charge in [0.2, 0.25) is 5.01 Å². The van der Waals surface area contributed by atoms with Crippen LogP contribution in [0.15, 0.2) is 42.5 Å². The van der Waals surface area contributed by atoms with E-state index in [1.54, 1.807) is 42.3 Å². The van der Waals surface area contributed by atoms with Gasteiger partial charge in [-0.05, 0) is 37.1 Å². The number of hydrogen-bond acceptors (Lipinski definition) is 7. The number of aromatic nitrogens is 2. The van der Waals surface area contributed by atoms with E-state index in [0.29, 0.717) is 43.1 Å². The Morgan fingerprint density at radius 1 is 1.03 bits per heavy atom. The van der Waals surface area contributed by atoms with Gasteiger partial charge in [0, 0.05) is 25.1 Å². The molecular formula is C23H24FN5O4S. The van der Waals surface area contributed by atoms with E-state index >= 15 is 0 Å². The van der Waals surface area contributed by atoms with Gasteiger partial charge in [-0.2, -0.15) is 0 Å². The van der Waals surface area contributed by atoms with Crippen molar-refractivity contribution in [2.45, 2.75) is 18.8 Å². The largest absolute Gasteiger partial charge is 0.497 e. The van der Waals surface area contributed by atoms with Crippen molar-refractivity contribution in [1.82, 2.24) is 15.1 Å². The number of benzene rings is 2. The molecular weight excluding hydrogens is 461 g/mol. The molecule has 1 aromatic heterocycles. The maximum Gasteiger partial charge on any atom is 0.321 e. The summed E-state index contributed by atoms with van der Waals surface area (Å²) in [5, 5.41) is 14.4. The van der Waals surface area contributed by atoms with E-state index in [-0.39, 0.29) is 22.6 Å². The molecule has 2 N–H and O–H groups in total. The maximum absolute atomic E-state index is 13.8. The predicted molar refractivity (Wildman–Crippen MR) is 126 cm³/mol. The summed E-state index contributed by atoms with van der Waals surface area (Å²) in [7, 11) is 3.09. The smallest absolute Gasteiger partial charge is 0.321 e. The van der Waals surface area contributed by atoms with Crippen LogP contribution in [0.2, 0.25) is 0 Å². The lowest BCUT2D eigenvalue weighted by Crippen LogP contribution is -2.40. The van der Waals surface area contributed by atoms with Crippen LogP contribution >= 0.6 is 11.3 Å². The summed E-state index contributed by atoms with van der Waals surface area (Å²) in [5.74, 6) is 0.219. The Morgan fingerprint density at radius 3 is 2.50 bits per heavy atom. The van der Waals surface area contributed by atoms with Crippen molar-refractivity contribution in [3.8, 4) is 11.5 Å². The van der Waals surface area contributed by atoms with Gasteiger partial charge in [0.05, 0.1) is 25.6 Å². The monoisotopic (exact) mass is 485 g/mol. The fourth-order valence-electron chi connectivity index (χ4n) is 3.66. The number of halogens is 1. The zero-order valence-corrected chi connectivity index (χ0v) is 19.5. The standard InChI is InChI=1S/C23H24FN5O4S/c1-32-15-7-8-18(19(13-15)33-2)26-23(31)29-11-9-14(10-12-29)21-27-28-22(34-21)20(30)25-17-6-4-3-5-16(17)24/h3-8,13-14H,9-12H2,1-2H3,(H,25,30)(H,26,31). The fourth-order valence-corrected chi connectivity index (χ4v) is 4.56. The number of hydrogen-bond donors (Lipinski definition) is 2. The van der Waals surface area contributed by atoms with Crippen molar-refractivity contribution in [3.63, 3.8) is 0 Å². The van der Waals surface area contributed by atoms with E-state index in [9.17, 15) is 14.0 Å². The summed E-state index contributed by atoms with van der Waals surface area (Å²) < 4.78 is 24.3. The molecule has 0 bridgehead atoms. The zero-order chi connectivity index (χ0) is 24.1. The second-order valence-electron chi connectivity index (χ2n) is 7.64. The lowest BCUT2D eigenvalue weighted by atomic mass is 9.98. The molecule has 1 aliphatic rings. The van der Waals surface area contributed by atoms with Crippen molar-refractivity contribution in [3.05, 3.63) is 58.3 Å². The highest BCUT2D eigenvalue weighted by Gasteiger charge is 2.27. The third-order valence-electron chi connectivity index (χ3n) is 5.54. The van der Waals surface area contributed by atoms with E-state index in [1.165, 1.54) is 30.6 Å². The lowest BCUT2D eigenvalue weighted by molar-refractivity contribution is 0.102. The second kappa shape index (κ2) is 10.5. The molecule has 34 heavy (non-hydrogen) atoms. The molecule has 0 atom stereocenters. The molecule has 1 fully saturated rings. The van der Waals surface area contributed by atoms with Crippen LogP contribution in [-0.4, -0.2) is 54.3 Å². The quantitative estimate of drug-likeness (QED) is 0.538. The second-order valence-corrected chi connectivity index (χ2v) is 8.65. The van der Waals surface area contributed by atoms with Crippen LogP contribution in [0.25, 0.3) is 0 Å². The van der Waals surface area contributed by atoms with Crippen molar-refractivity contribution < 1.29 is 23.5 Å². The molecule has 2 heterocycles. The number of carbonyl (C=O) groups excluding carboxylic acids is 2. The van der Waals surface area contributed by atoms with Gasteiger partial charge in [-0.25, -0.2) is 9.18 Å². The van der Waals surface area contributed by atoms with Crippen molar-refractivity contribution >= 4 is 34.6 Å². The molecule has 0 radical (unpaired) electrons. The van der Waals surface area contributed by atoms with E-state index in [2.05, 4.69) is 20.8 Å². The third-order valence-corrected chi connectivity index (χ3v) is 6.62. The van der Waals surface area contributed by atoms with Gasteiger partial charge in [0.1, 0.15) is 22.3 Å². The molecule has 4 rings (SSSR count). The number of carbonyl (C=O) groups is 2. The Labute approximate surface area is 199 Å². The first-order valence-corrected chi connectivity index (χ1v) is 11.5. The molecule has 0 saturated carbocycles. The van der Waals surface area contributed by atoms with Crippen LogP contribution in [0.5, 0.6) is 11.5 Å². The average molecular weight is 486 g/mol. The van der Waals surface area contributed by atoms with E-state index in [4.69, 9.17) is 9.47 Å². The average Bonchev–Trinajstić information content (AvgIpc) is 3.36. The highest BCUT2D eigenvalue weighted by atomic mass is 32.1. The van der Waals surface area contributed by atoms with Crippen LogP contribution < -0.4 is 20.1 Å². The summed E-state index contributed by atoms with van der Waals surface area (Å²) in [6.45, 7) is 1.07. The highest BCUT2D eigenvalue weighted by Crippen LogP contribution is 2.32. The first kappa shape index (κ1) is 23.4. The van der Waals surface area contributed by atoms with Crippen LogP contribution in [-0.2, 0) is 0 Å². The summed E-state index contributed by atoms with van der Waals surface area (Å²) >= 11 is 1.19. The minimum atomic E-state index is -0.515. The number of nitrogens with zero attached hydrogens (tertiary/aromatic N) is 3. The number of methoxy groups -OCH3 is 2. The summed E-state index contributed by atoms with van der Waals surface area (Å²) in [5.41, 5.74) is 0.655. The number of urea groups is 1. The Bertz CT molecular complexity index is 1180. The van der Waals surface area contributed by atoms with Crippen LogP contribution in [0, 0.1) is 5.82 Å². The topological polar surface area (TPSA) is 106 Å². The number of anilines is 2. The number of nitrogens with one attached hydrogen (secondary N) is 2. The molecule has 3 aromatic rings. The van der Waals surface area contributed by atoms with Gasteiger partial charge in [-0.3, -0.25) is 4.79 Å². The Morgan fingerprint density at radius 2 is 1.79 bits per heavy atom. The number of ether oxygens (including phenoxy) is 2. The molecule has 0 aliphatic carbocycles. The SMILES string of the molecule is COc1ccc(NC(=O)N2CCC(c3nnc(C(=O)Nc4ccccc4F)s3)CC2)c(OC)c1. The van der Waals surface area contributed by atoms with Gasteiger partial charge >= 0.3 is 6.03 Å². The molecule has 9 nitrogen and oxygen atoms in total. The molecule has 11 heteroatoms. The van der Waals surface area contributed by atoms with Gasteiger partial charge in [-0.15, -0.1) is 10.2 Å². The van der Waals surface area contributed by atoms with Crippen LogP contribution in [0.3, 0.4) is 0 Å². The summed E-state index contributed by atoms with van der Waals surface area (Å²) in [4.78, 5) is 26.9. The molecule has 2 aromatic carbocycles. The van der Waals surface area contributed by atoms with Gasteiger partial charge < -0.3 is 25.0 Å². The minimum absolute atomic E-state index is 0.0899. The summed E-state index contributed by atoms with van der Waals surface area (Å²) in [6, 6.07) is 10.9. The number of para-hydroxylation sites is 1. The van der Waals surface area contributed by atoms with Crippen molar-refractivity contribution in [2.24, 2.45) is 0 Å². The van der Waals surface area contributed by atoms with Gasteiger partial charge in [0.25, 0.3) is 5.91 Å². The fraction of sp³-hybridized carbons (Fsp3) is 0.304. The molecule has 0 unspecified atom stereocenters. The number of amides is 3. The third kappa shape index (κ3) is 5.25. The highest BCUT2D eigenvalue weighted by molar-refractivity contribution is 7.13. The lowest BCUT2D eigenvalue weighted by Gasteiger charge is -2.31. The molecule has 178 valence electrons. The van der Waals surface area contributed by atoms with Crippen molar-refractivity contribution in [2.75, 3.05) is 37.9 Å². The predicted octanol–water partition coefficient (Wildman–Crippen LogP) is 4.36. The normalized spacial score (nSPS) is 13.9. The molecule has 0 spiro atoms. The van der Waals surface area contributed by atoms with E-state index < -0.39 is 11.7 Å². The summed E-state index contributed by atoms with van der Waals surface area (Å²) in [6.07, 6.45) is 1.38. The van der Waals surface area contributed by atoms with E-state index in [0.717, 1.165) is 5.01 Å². The minimum Gasteiger partial charge on any atom is -0.497 e. The maximum atomic E-state index is 13.8. The first-order chi connectivity index (χ1) is 16.5. The Kier molecular flexibility index (Phi) is 7.21. The van der Waals surface area contributed by atoms with Crippen molar-refractivity contribution in [1.29, 1.82) is 0 Å². The van der Waals surface area contributed by atoms with Gasteiger partial charge in [0.15, 0.2) is 0 Å². The molecule has 3 amide bonds. The zero-order valence-electron chi connectivity index (χ0n) is 18.7. The number of likely N-dealkylation sites (tertiary alicyclic amines) is 1. The first-order valence-electron chi connectivity index (χ1n) is 10.7. The van der Waals surface area contributed by atoms with Crippen LogP contribution in [0.4, 0.5) is 20.6 Å². The Balaban J connectivity index is 1.33. The molecule has 1 saturated heterocycles. The van der Waals surface area contributed by atoms with Gasteiger partial charge in [-0.1, -0.05) is 23.5 Å². The number of rotatable bonds is 6. The van der Waals surface area contributed by atoms with E-state index in [1.807, 2.05) is 0 Å². The number of piperidine rings is 1. The van der Waals surface area contributed by atoms with Crippen LogP contribution in [0.1, 0.15) is 33.6 Å². The molecule has 1 aliphatic heterocycles. The Hall–Kier alpha value is -3.73.